The molecule has 0 heteroatoms. The molecule has 1 aromatic carbocycles. The summed E-state index contributed by atoms with van der Waals surface area (Å²) in [5.74, 6) is 0. The number of hydrogen-bond donors (Lipinski definition) is 0. The van der Waals surface area contributed by atoms with Gasteiger partial charge in [0.15, 0.2) is 0 Å². The highest BCUT2D eigenvalue weighted by atomic mass is 14.0. The van der Waals surface area contributed by atoms with E-state index in [1.54, 1.807) is 0 Å². The molecule has 0 fully saturated rings. The fourth-order valence-electron chi connectivity index (χ4n) is 1.10. The maximum absolute atomic E-state index is 2.24. The van der Waals surface area contributed by atoms with Crippen molar-refractivity contribution in [2.75, 3.05) is 0 Å². The van der Waals surface area contributed by atoms with Crippen LogP contribution in [-0.4, -0.2) is 0 Å². The average molecular weight is 222 g/mol. The third kappa shape index (κ3) is 7.50. The van der Waals surface area contributed by atoms with E-state index in [2.05, 4.69) is 53.7 Å². The van der Waals surface area contributed by atoms with Crippen LogP contribution >= 0.6 is 0 Å². The first kappa shape index (κ1) is 17.6. The SMILES string of the molecule is CC.CCCC.Cc1cc(C)c(C)cc1C. The molecular weight excluding hydrogens is 192 g/mol. The van der Waals surface area contributed by atoms with Crippen LogP contribution in [0.15, 0.2) is 12.1 Å². The lowest BCUT2D eigenvalue weighted by molar-refractivity contribution is 0.886. The van der Waals surface area contributed by atoms with Crippen molar-refractivity contribution in [1.82, 2.24) is 0 Å². The zero-order valence-corrected chi connectivity index (χ0v) is 12.6. The van der Waals surface area contributed by atoms with E-state index in [1.165, 1.54) is 35.1 Å². The van der Waals surface area contributed by atoms with E-state index in [4.69, 9.17) is 0 Å². The Morgan fingerprint density at radius 2 is 0.812 bits per heavy atom. The second kappa shape index (κ2) is 10.7. The molecule has 0 aliphatic rings. The van der Waals surface area contributed by atoms with Crippen molar-refractivity contribution in [2.45, 2.75) is 68.2 Å². The average Bonchev–Trinajstić information content (AvgIpc) is 2.30. The summed E-state index contributed by atoms with van der Waals surface area (Å²) in [4.78, 5) is 0. The van der Waals surface area contributed by atoms with Gasteiger partial charge in [0.05, 0.1) is 0 Å². The first-order valence-electron chi connectivity index (χ1n) is 6.57. The van der Waals surface area contributed by atoms with E-state index in [9.17, 15) is 0 Å². The van der Waals surface area contributed by atoms with Crippen molar-refractivity contribution in [3.63, 3.8) is 0 Å². The second-order valence-corrected chi connectivity index (χ2v) is 4.02. The largest absolute Gasteiger partial charge is 0.0683 e. The van der Waals surface area contributed by atoms with Crippen molar-refractivity contribution in [1.29, 1.82) is 0 Å². The normalized spacial score (nSPS) is 8.50. The molecule has 0 unspecified atom stereocenters. The van der Waals surface area contributed by atoms with Gasteiger partial charge in [-0.15, -0.1) is 0 Å². The highest BCUT2D eigenvalue weighted by molar-refractivity contribution is 5.35. The topological polar surface area (TPSA) is 0 Å². The van der Waals surface area contributed by atoms with Gasteiger partial charge in [-0.3, -0.25) is 0 Å². The Kier molecular flexibility index (Phi) is 11.8. The Balaban J connectivity index is 0. The monoisotopic (exact) mass is 222 g/mol. The van der Waals surface area contributed by atoms with Crippen molar-refractivity contribution in [2.24, 2.45) is 0 Å². The van der Waals surface area contributed by atoms with Crippen LogP contribution in [0.3, 0.4) is 0 Å². The van der Waals surface area contributed by atoms with E-state index in [1.807, 2.05) is 13.8 Å². The Morgan fingerprint density at radius 3 is 0.938 bits per heavy atom. The molecule has 16 heavy (non-hydrogen) atoms. The summed E-state index contributed by atoms with van der Waals surface area (Å²) in [6.45, 7) is 17.0. The molecule has 0 aliphatic carbocycles. The second-order valence-electron chi connectivity index (χ2n) is 4.02. The van der Waals surface area contributed by atoms with Gasteiger partial charge in [-0.2, -0.15) is 0 Å². The molecule has 0 bridgehead atoms. The molecule has 1 rings (SSSR count). The predicted molar refractivity (Wildman–Crippen MR) is 77.3 cm³/mol. The summed E-state index contributed by atoms with van der Waals surface area (Å²) in [6.07, 6.45) is 2.64. The Bertz CT molecular complexity index is 219. The van der Waals surface area contributed by atoms with Crippen LogP contribution in [0.2, 0.25) is 0 Å². The van der Waals surface area contributed by atoms with Gasteiger partial charge in [0.1, 0.15) is 0 Å². The minimum Gasteiger partial charge on any atom is -0.0683 e. The van der Waals surface area contributed by atoms with Gasteiger partial charge < -0.3 is 0 Å². The van der Waals surface area contributed by atoms with Gasteiger partial charge >= 0.3 is 0 Å². The lowest BCUT2D eigenvalue weighted by Gasteiger charge is -2.04. The summed E-state index contributed by atoms with van der Waals surface area (Å²) >= 11 is 0. The number of benzene rings is 1. The van der Waals surface area contributed by atoms with E-state index in [0.717, 1.165) is 0 Å². The molecule has 0 saturated carbocycles. The summed E-state index contributed by atoms with van der Waals surface area (Å²) in [7, 11) is 0. The highest BCUT2D eigenvalue weighted by Gasteiger charge is 1.95. The molecule has 94 valence electrons. The lowest BCUT2D eigenvalue weighted by atomic mass is 10.0. The van der Waals surface area contributed by atoms with Crippen molar-refractivity contribution < 1.29 is 0 Å². The highest BCUT2D eigenvalue weighted by Crippen LogP contribution is 2.13. The molecule has 0 saturated heterocycles. The zero-order valence-electron chi connectivity index (χ0n) is 12.6. The van der Waals surface area contributed by atoms with Crippen LogP contribution in [0.5, 0.6) is 0 Å². The quantitative estimate of drug-likeness (QED) is 0.567. The van der Waals surface area contributed by atoms with Gasteiger partial charge in [-0.05, 0) is 49.9 Å². The van der Waals surface area contributed by atoms with E-state index in [0.29, 0.717) is 0 Å². The first-order valence-corrected chi connectivity index (χ1v) is 6.57. The predicted octanol–water partition coefficient (Wildman–Crippen LogP) is 5.75. The van der Waals surface area contributed by atoms with Gasteiger partial charge in [0.25, 0.3) is 0 Å². The van der Waals surface area contributed by atoms with Crippen LogP contribution in [0.4, 0.5) is 0 Å². The Labute approximate surface area is 103 Å². The third-order valence-corrected chi connectivity index (χ3v) is 2.61. The molecular formula is C16H30. The molecule has 0 radical (unpaired) electrons. The minimum atomic E-state index is 1.32. The number of hydrogen-bond acceptors (Lipinski definition) is 0. The number of rotatable bonds is 1. The number of aryl methyl sites for hydroxylation is 4. The molecule has 0 aliphatic heterocycles. The van der Waals surface area contributed by atoms with Crippen molar-refractivity contribution >= 4 is 0 Å². The van der Waals surface area contributed by atoms with Gasteiger partial charge in [0, 0.05) is 0 Å². The lowest BCUT2D eigenvalue weighted by Crippen LogP contribution is -1.86. The fourth-order valence-corrected chi connectivity index (χ4v) is 1.10. The molecule has 0 nitrogen and oxygen atoms in total. The van der Waals surface area contributed by atoms with Gasteiger partial charge in [0.2, 0.25) is 0 Å². The van der Waals surface area contributed by atoms with Gasteiger partial charge in [-0.25, -0.2) is 0 Å². The van der Waals surface area contributed by atoms with Crippen LogP contribution in [0, 0.1) is 27.7 Å². The van der Waals surface area contributed by atoms with Crippen molar-refractivity contribution in [3.05, 3.63) is 34.4 Å². The maximum Gasteiger partial charge on any atom is -0.0395 e. The maximum atomic E-state index is 2.24. The molecule has 0 amide bonds. The van der Waals surface area contributed by atoms with Crippen LogP contribution < -0.4 is 0 Å². The van der Waals surface area contributed by atoms with E-state index in [-0.39, 0.29) is 0 Å². The molecule has 1 aromatic rings. The summed E-state index contributed by atoms with van der Waals surface area (Å²) in [5, 5.41) is 0. The molecule has 0 aromatic heterocycles. The summed E-state index contributed by atoms with van der Waals surface area (Å²) in [5.41, 5.74) is 5.57. The van der Waals surface area contributed by atoms with Crippen LogP contribution in [-0.2, 0) is 0 Å². The smallest absolute Gasteiger partial charge is 0.0395 e. The summed E-state index contributed by atoms with van der Waals surface area (Å²) in [6, 6.07) is 4.48. The molecule has 0 heterocycles. The molecule has 0 atom stereocenters. The van der Waals surface area contributed by atoms with E-state index >= 15 is 0 Å². The van der Waals surface area contributed by atoms with E-state index < -0.39 is 0 Å². The number of unbranched alkanes of at least 4 members (excludes halogenated alkanes) is 1. The Hall–Kier alpha value is -0.780. The first-order chi connectivity index (χ1) is 7.52. The van der Waals surface area contributed by atoms with Crippen molar-refractivity contribution in [3.8, 4) is 0 Å². The Morgan fingerprint density at radius 1 is 0.625 bits per heavy atom. The molecule has 0 N–H and O–H groups in total. The fraction of sp³-hybridized carbons (Fsp3) is 0.625. The summed E-state index contributed by atoms with van der Waals surface area (Å²) < 4.78 is 0. The van der Waals surface area contributed by atoms with Crippen LogP contribution in [0.1, 0.15) is 62.8 Å². The zero-order chi connectivity index (χ0) is 13.1. The third-order valence-electron chi connectivity index (χ3n) is 2.61. The van der Waals surface area contributed by atoms with Crippen LogP contribution in [0.25, 0.3) is 0 Å². The molecule has 0 spiro atoms. The van der Waals surface area contributed by atoms with Gasteiger partial charge in [-0.1, -0.05) is 52.7 Å². The standard InChI is InChI=1S/C10H14.C4H10.C2H6/c1-7-5-9(3)10(4)6-8(7)2;1-3-4-2;1-2/h5-6H,1-4H3;3-4H2,1-2H3;1-2H3. The minimum absolute atomic E-state index is 1.32.